The van der Waals surface area contributed by atoms with Crippen LogP contribution in [0.2, 0.25) is 0 Å². The molecule has 1 aliphatic heterocycles. The average molecular weight is 275 g/mol. The van der Waals surface area contributed by atoms with Crippen molar-refractivity contribution in [2.75, 3.05) is 11.5 Å². The summed E-state index contributed by atoms with van der Waals surface area (Å²) in [7, 11) is 0. The molecule has 2 nitrogen and oxygen atoms in total. The number of hydrogen-bond acceptors (Lipinski definition) is 3. The van der Waals surface area contributed by atoms with Crippen molar-refractivity contribution in [3.63, 3.8) is 0 Å². The Balaban J connectivity index is 1.90. The van der Waals surface area contributed by atoms with E-state index in [0.29, 0.717) is 12.1 Å². The van der Waals surface area contributed by atoms with Gasteiger partial charge in [0.15, 0.2) is 0 Å². The van der Waals surface area contributed by atoms with Crippen LogP contribution in [0.25, 0.3) is 11.0 Å². The smallest absolute Gasteiger partial charge is 0.134 e. The van der Waals surface area contributed by atoms with E-state index in [4.69, 9.17) is 4.42 Å². The van der Waals surface area contributed by atoms with Crippen molar-refractivity contribution < 1.29 is 4.42 Å². The van der Waals surface area contributed by atoms with E-state index in [-0.39, 0.29) is 0 Å². The van der Waals surface area contributed by atoms with E-state index in [2.05, 4.69) is 37.4 Å². The molecule has 19 heavy (non-hydrogen) atoms. The van der Waals surface area contributed by atoms with Gasteiger partial charge in [0.05, 0.1) is 6.04 Å². The van der Waals surface area contributed by atoms with Gasteiger partial charge < -0.3 is 9.73 Å². The lowest BCUT2D eigenvalue weighted by Crippen LogP contribution is -2.31. The van der Waals surface area contributed by atoms with Gasteiger partial charge in [0, 0.05) is 22.7 Å². The van der Waals surface area contributed by atoms with Crippen LogP contribution in [0, 0.1) is 0 Å². The molecule has 2 unspecified atom stereocenters. The van der Waals surface area contributed by atoms with Crippen LogP contribution in [0.15, 0.2) is 28.7 Å². The minimum absolute atomic E-state index is 0.297. The summed E-state index contributed by atoms with van der Waals surface area (Å²) < 4.78 is 6.09. The lowest BCUT2D eigenvalue weighted by atomic mass is 10.0. The van der Waals surface area contributed by atoms with Crippen LogP contribution >= 0.6 is 11.8 Å². The van der Waals surface area contributed by atoms with E-state index in [1.165, 1.54) is 28.9 Å². The second-order valence-corrected chi connectivity index (χ2v) is 6.39. The highest BCUT2D eigenvalue weighted by molar-refractivity contribution is 7.99. The fraction of sp³-hybridized carbons (Fsp3) is 0.500. The Kier molecular flexibility index (Phi) is 3.85. The van der Waals surface area contributed by atoms with Crippen LogP contribution in [0.3, 0.4) is 0 Å². The molecule has 0 bridgehead atoms. The summed E-state index contributed by atoms with van der Waals surface area (Å²) in [5.74, 6) is 3.64. The molecule has 0 saturated carbocycles. The number of nitrogens with one attached hydrogen (secondary N) is 1. The van der Waals surface area contributed by atoms with Gasteiger partial charge in [-0.1, -0.05) is 25.1 Å². The van der Waals surface area contributed by atoms with Crippen molar-refractivity contribution in [2.24, 2.45) is 0 Å². The Morgan fingerprint density at radius 3 is 3.00 bits per heavy atom. The Labute approximate surface area is 118 Å². The number of rotatable bonds is 4. The van der Waals surface area contributed by atoms with E-state index in [1.807, 2.05) is 17.8 Å². The molecule has 0 amide bonds. The molecule has 0 radical (unpaired) electrons. The third-order valence-electron chi connectivity index (χ3n) is 3.89. The quantitative estimate of drug-likeness (QED) is 0.907. The molecule has 1 aromatic heterocycles. The first-order valence-electron chi connectivity index (χ1n) is 7.13. The van der Waals surface area contributed by atoms with Gasteiger partial charge in [0.25, 0.3) is 0 Å². The second kappa shape index (κ2) is 5.59. The number of benzene rings is 1. The molecular formula is C16H21NOS. The fourth-order valence-corrected chi connectivity index (χ4v) is 4.09. The van der Waals surface area contributed by atoms with Gasteiger partial charge in [0.1, 0.15) is 11.3 Å². The first kappa shape index (κ1) is 13.1. The molecule has 3 rings (SSSR count). The molecule has 2 atom stereocenters. The van der Waals surface area contributed by atoms with Gasteiger partial charge in [-0.15, -0.1) is 0 Å². The molecular weight excluding hydrogens is 254 g/mol. The summed E-state index contributed by atoms with van der Waals surface area (Å²) in [5, 5.41) is 4.99. The molecule has 0 aliphatic carbocycles. The van der Waals surface area contributed by atoms with Crippen molar-refractivity contribution in [3.05, 3.63) is 35.6 Å². The summed E-state index contributed by atoms with van der Waals surface area (Å²) in [4.78, 5) is 0. The summed E-state index contributed by atoms with van der Waals surface area (Å²) in [6.45, 7) is 4.43. The van der Waals surface area contributed by atoms with Crippen LogP contribution in [0.4, 0.5) is 0 Å². The average Bonchev–Trinajstić information content (AvgIpc) is 3.04. The molecule has 1 N–H and O–H groups in total. The third kappa shape index (κ3) is 2.54. The molecule has 1 fully saturated rings. The lowest BCUT2D eigenvalue weighted by molar-refractivity contribution is 0.411. The number of furan rings is 1. The zero-order chi connectivity index (χ0) is 13.2. The Hall–Kier alpha value is -0.930. The summed E-state index contributed by atoms with van der Waals surface area (Å²) in [6, 6.07) is 9.30. The Bertz CT molecular complexity index is 557. The van der Waals surface area contributed by atoms with Crippen molar-refractivity contribution in [2.45, 2.75) is 38.8 Å². The number of para-hydroxylation sites is 1. The van der Waals surface area contributed by atoms with Crippen molar-refractivity contribution >= 4 is 22.7 Å². The highest BCUT2D eigenvalue weighted by Gasteiger charge is 2.22. The highest BCUT2D eigenvalue weighted by Crippen LogP contribution is 2.31. The molecule has 2 heterocycles. The molecule has 0 spiro atoms. The van der Waals surface area contributed by atoms with Gasteiger partial charge in [0.2, 0.25) is 0 Å². The van der Waals surface area contributed by atoms with Gasteiger partial charge in [-0.2, -0.15) is 11.8 Å². The first-order chi connectivity index (χ1) is 9.29. The molecule has 3 heteroatoms. The topological polar surface area (TPSA) is 25.2 Å². The van der Waals surface area contributed by atoms with Crippen LogP contribution in [-0.2, 0) is 6.42 Å². The first-order valence-corrected chi connectivity index (χ1v) is 8.29. The van der Waals surface area contributed by atoms with E-state index in [1.54, 1.807) is 0 Å². The number of thioether (sulfide) groups is 1. The Morgan fingerprint density at radius 2 is 2.26 bits per heavy atom. The molecule has 1 aliphatic rings. The standard InChI is InChI=1S/C16H21NOS/c1-3-13-14-6-4-5-7-15(14)18-16(13)11(2)17-12-8-9-19-10-12/h4-7,11-12,17H,3,8-10H2,1-2H3. The van der Waals surface area contributed by atoms with Gasteiger partial charge in [-0.25, -0.2) is 0 Å². The predicted molar refractivity (Wildman–Crippen MR) is 82.9 cm³/mol. The Morgan fingerprint density at radius 1 is 1.42 bits per heavy atom. The monoisotopic (exact) mass is 275 g/mol. The maximum atomic E-state index is 6.09. The van der Waals surface area contributed by atoms with Gasteiger partial charge in [-0.05, 0) is 31.6 Å². The minimum Gasteiger partial charge on any atom is -0.459 e. The summed E-state index contributed by atoms with van der Waals surface area (Å²) in [6.07, 6.45) is 2.30. The maximum Gasteiger partial charge on any atom is 0.134 e. The third-order valence-corrected chi connectivity index (χ3v) is 5.05. The highest BCUT2D eigenvalue weighted by atomic mass is 32.2. The predicted octanol–water partition coefficient (Wildman–Crippen LogP) is 4.15. The van der Waals surface area contributed by atoms with Crippen LogP contribution < -0.4 is 5.32 Å². The number of hydrogen-bond donors (Lipinski definition) is 1. The maximum absolute atomic E-state index is 6.09. The molecule has 102 valence electrons. The van der Waals surface area contributed by atoms with Crippen molar-refractivity contribution in [1.82, 2.24) is 5.32 Å². The number of fused-ring (bicyclic) bond motifs is 1. The minimum atomic E-state index is 0.297. The van der Waals surface area contributed by atoms with E-state index in [0.717, 1.165) is 17.8 Å². The molecule has 1 saturated heterocycles. The molecule has 1 aromatic carbocycles. The lowest BCUT2D eigenvalue weighted by Gasteiger charge is -2.18. The zero-order valence-corrected chi connectivity index (χ0v) is 12.4. The van der Waals surface area contributed by atoms with Crippen molar-refractivity contribution in [1.29, 1.82) is 0 Å². The normalized spacial score (nSPS) is 21.1. The number of aryl methyl sites for hydroxylation is 1. The second-order valence-electron chi connectivity index (χ2n) is 5.24. The van der Waals surface area contributed by atoms with Gasteiger partial charge >= 0.3 is 0 Å². The molecule has 2 aromatic rings. The van der Waals surface area contributed by atoms with E-state index >= 15 is 0 Å². The SMILES string of the molecule is CCc1c(C(C)NC2CCSC2)oc2ccccc12. The van der Waals surface area contributed by atoms with Crippen LogP contribution in [-0.4, -0.2) is 17.5 Å². The zero-order valence-electron chi connectivity index (χ0n) is 11.6. The van der Waals surface area contributed by atoms with E-state index in [9.17, 15) is 0 Å². The largest absolute Gasteiger partial charge is 0.459 e. The van der Waals surface area contributed by atoms with Gasteiger partial charge in [-0.3, -0.25) is 0 Å². The summed E-state index contributed by atoms with van der Waals surface area (Å²) >= 11 is 2.04. The van der Waals surface area contributed by atoms with Crippen molar-refractivity contribution in [3.8, 4) is 0 Å². The van der Waals surface area contributed by atoms with E-state index < -0.39 is 0 Å². The summed E-state index contributed by atoms with van der Waals surface area (Å²) in [5.41, 5.74) is 2.38. The van der Waals surface area contributed by atoms with Crippen LogP contribution in [0.1, 0.15) is 37.6 Å². The fourth-order valence-electron chi connectivity index (χ4n) is 2.93. The van der Waals surface area contributed by atoms with Crippen LogP contribution in [0.5, 0.6) is 0 Å².